The molecule has 0 saturated carbocycles. The van der Waals surface area contributed by atoms with Crippen molar-refractivity contribution in [1.29, 1.82) is 0 Å². The van der Waals surface area contributed by atoms with Crippen molar-refractivity contribution in [2.75, 3.05) is 18.6 Å². The van der Waals surface area contributed by atoms with E-state index >= 15 is 0 Å². The second-order valence-electron chi connectivity index (χ2n) is 7.12. The van der Waals surface area contributed by atoms with Crippen LogP contribution in [-0.4, -0.2) is 38.6 Å². The standard InChI is InChI=1S/C23H21F3N6O/c1-3-33-15-32-21(20(29-30-32)16-8-7-9-17(14-16)23(24,25)26)19-12-13-27-22(28-19)31(2)18-10-5-4-6-11-18/h4-14H,3,15H2,1-2H3. The number of benzene rings is 2. The zero-order valence-electron chi connectivity index (χ0n) is 18.0. The minimum absolute atomic E-state index is 0.0751. The molecule has 2 aromatic heterocycles. The van der Waals surface area contributed by atoms with Gasteiger partial charge in [-0.25, -0.2) is 14.6 Å². The highest BCUT2D eigenvalue weighted by atomic mass is 19.4. The SMILES string of the molecule is CCOCn1nnc(-c2cccc(C(F)(F)F)c2)c1-c1ccnc(N(C)c2ccccc2)n1. The summed E-state index contributed by atoms with van der Waals surface area (Å²) in [7, 11) is 1.83. The first kappa shape index (κ1) is 22.4. The molecule has 0 bridgehead atoms. The van der Waals surface area contributed by atoms with Crippen LogP contribution in [0.2, 0.25) is 0 Å². The molecule has 4 aromatic rings. The quantitative estimate of drug-likeness (QED) is 0.383. The van der Waals surface area contributed by atoms with E-state index in [2.05, 4.69) is 20.3 Å². The van der Waals surface area contributed by atoms with Crippen molar-refractivity contribution in [3.63, 3.8) is 0 Å². The molecule has 10 heteroatoms. The number of halogens is 3. The summed E-state index contributed by atoms with van der Waals surface area (Å²) < 4.78 is 46.8. The fourth-order valence-corrected chi connectivity index (χ4v) is 3.28. The first-order chi connectivity index (χ1) is 15.9. The number of alkyl halides is 3. The van der Waals surface area contributed by atoms with Crippen LogP contribution < -0.4 is 4.90 Å². The topological polar surface area (TPSA) is 69.0 Å². The Hall–Kier alpha value is -3.79. The zero-order chi connectivity index (χ0) is 23.4. The third-order valence-corrected chi connectivity index (χ3v) is 4.95. The minimum atomic E-state index is -4.47. The van der Waals surface area contributed by atoms with Crippen LogP contribution in [0.1, 0.15) is 12.5 Å². The van der Waals surface area contributed by atoms with E-state index in [-0.39, 0.29) is 18.0 Å². The van der Waals surface area contributed by atoms with Crippen LogP contribution in [0.25, 0.3) is 22.6 Å². The predicted octanol–water partition coefficient (Wildman–Crippen LogP) is 5.18. The molecule has 0 saturated heterocycles. The second kappa shape index (κ2) is 9.37. The molecule has 0 aliphatic carbocycles. The Bertz CT molecular complexity index is 1230. The van der Waals surface area contributed by atoms with Gasteiger partial charge in [-0.2, -0.15) is 13.2 Å². The number of nitrogens with zero attached hydrogens (tertiary/aromatic N) is 6. The average molecular weight is 454 g/mol. The minimum Gasteiger partial charge on any atom is -0.359 e. The van der Waals surface area contributed by atoms with Crippen molar-refractivity contribution in [3.05, 3.63) is 72.4 Å². The lowest BCUT2D eigenvalue weighted by Gasteiger charge is -2.18. The Morgan fingerprint density at radius 3 is 2.55 bits per heavy atom. The van der Waals surface area contributed by atoms with E-state index in [4.69, 9.17) is 4.74 Å². The van der Waals surface area contributed by atoms with E-state index in [9.17, 15) is 13.2 Å². The van der Waals surface area contributed by atoms with Gasteiger partial charge in [0.1, 0.15) is 18.1 Å². The highest BCUT2D eigenvalue weighted by Gasteiger charge is 2.31. The molecule has 0 radical (unpaired) electrons. The third-order valence-electron chi connectivity index (χ3n) is 4.95. The molecule has 0 aliphatic heterocycles. The lowest BCUT2D eigenvalue weighted by Crippen LogP contribution is -2.14. The third kappa shape index (κ3) is 4.85. The van der Waals surface area contributed by atoms with Crippen LogP contribution in [0.5, 0.6) is 0 Å². The summed E-state index contributed by atoms with van der Waals surface area (Å²) in [4.78, 5) is 10.8. The Kier molecular flexibility index (Phi) is 6.36. The smallest absolute Gasteiger partial charge is 0.359 e. The summed E-state index contributed by atoms with van der Waals surface area (Å²) in [6.07, 6.45) is -2.89. The van der Waals surface area contributed by atoms with Crippen LogP contribution in [0.3, 0.4) is 0 Å². The number of hydrogen-bond donors (Lipinski definition) is 0. The highest BCUT2D eigenvalue weighted by molar-refractivity contribution is 5.77. The Morgan fingerprint density at radius 2 is 1.82 bits per heavy atom. The van der Waals surface area contributed by atoms with E-state index in [0.717, 1.165) is 17.8 Å². The van der Waals surface area contributed by atoms with Gasteiger partial charge in [0.15, 0.2) is 0 Å². The predicted molar refractivity (Wildman–Crippen MR) is 118 cm³/mol. The van der Waals surface area contributed by atoms with Gasteiger partial charge in [-0.1, -0.05) is 35.5 Å². The van der Waals surface area contributed by atoms with E-state index in [1.807, 2.05) is 49.2 Å². The van der Waals surface area contributed by atoms with Crippen LogP contribution in [0.15, 0.2) is 66.9 Å². The van der Waals surface area contributed by atoms with Gasteiger partial charge in [-0.15, -0.1) is 5.10 Å². The summed E-state index contributed by atoms with van der Waals surface area (Å²) in [5, 5.41) is 8.28. The lowest BCUT2D eigenvalue weighted by atomic mass is 10.0. The first-order valence-electron chi connectivity index (χ1n) is 10.2. The molecule has 170 valence electrons. The van der Waals surface area contributed by atoms with Gasteiger partial charge in [-0.05, 0) is 37.3 Å². The fourth-order valence-electron chi connectivity index (χ4n) is 3.28. The van der Waals surface area contributed by atoms with Crippen molar-refractivity contribution in [2.45, 2.75) is 19.8 Å². The first-order valence-corrected chi connectivity index (χ1v) is 10.2. The van der Waals surface area contributed by atoms with E-state index in [1.165, 1.54) is 10.7 Å². The molecule has 2 aromatic carbocycles. The normalized spacial score (nSPS) is 11.5. The number of rotatable bonds is 7. The Balaban J connectivity index is 1.81. The number of anilines is 2. The van der Waals surface area contributed by atoms with Crippen molar-refractivity contribution in [2.24, 2.45) is 0 Å². The molecule has 2 heterocycles. The molecule has 0 atom stereocenters. The molecule has 0 amide bonds. The maximum absolute atomic E-state index is 13.3. The maximum Gasteiger partial charge on any atom is 0.416 e. The molecule has 0 unspecified atom stereocenters. The summed E-state index contributed by atoms with van der Waals surface area (Å²) in [6, 6.07) is 16.2. The maximum atomic E-state index is 13.3. The van der Waals surface area contributed by atoms with Gasteiger partial charge in [0.05, 0.1) is 11.3 Å². The van der Waals surface area contributed by atoms with Gasteiger partial charge < -0.3 is 9.64 Å². The van der Waals surface area contributed by atoms with E-state index in [1.54, 1.807) is 18.3 Å². The van der Waals surface area contributed by atoms with Crippen LogP contribution in [0, 0.1) is 0 Å². The molecule has 0 aliphatic rings. The molecular weight excluding hydrogens is 433 g/mol. The molecule has 0 fully saturated rings. The lowest BCUT2D eigenvalue weighted by molar-refractivity contribution is -0.137. The van der Waals surface area contributed by atoms with Crippen molar-refractivity contribution < 1.29 is 17.9 Å². The van der Waals surface area contributed by atoms with Crippen LogP contribution in [0.4, 0.5) is 24.8 Å². The van der Waals surface area contributed by atoms with E-state index in [0.29, 0.717) is 23.9 Å². The molecule has 33 heavy (non-hydrogen) atoms. The van der Waals surface area contributed by atoms with Gasteiger partial charge in [-0.3, -0.25) is 0 Å². The molecule has 0 N–H and O–H groups in total. The zero-order valence-corrected chi connectivity index (χ0v) is 18.0. The molecule has 4 rings (SSSR count). The number of hydrogen-bond acceptors (Lipinski definition) is 6. The fraction of sp³-hybridized carbons (Fsp3) is 0.217. The largest absolute Gasteiger partial charge is 0.416 e. The van der Waals surface area contributed by atoms with E-state index < -0.39 is 11.7 Å². The summed E-state index contributed by atoms with van der Waals surface area (Å²) >= 11 is 0. The molecule has 0 spiro atoms. The second-order valence-corrected chi connectivity index (χ2v) is 7.12. The Labute approximate surface area is 188 Å². The summed E-state index contributed by atoms with van der Waals surface area (Å²) in [5.74, 6) is 0.415. The molecular formula is C23H21F3N6O. The van der Waals surface area contributed by atoms with Gasteiger partial charge >= 0.3 is 6.18 Å². The Morgan fingerprint density at radius 1 is 1.03 bits per heavy atom. The van der Waals surface area contributed by atoms with Crippen molar-refractivity contribution in [1.82, 2.24) is 25.0 Å². The van der Waals surface area contributed by atoms with Crippen molar-refractivity contribution >= 4 is 11.6 Å². The van der Waals surface area contributed by atoms with Crippen molar-refractivity contribution in [3.8, 4) is 22.6 Å². The van der Waals surface area contributed by atoms with Gasteiger partial charge in [0, 0.05) is 31.1 Å². The summed E-state index contributed by atoms with van der Waals surface area (Å²) in [5.41, 5.74) is 1.56. The van der Waals surface area contributed by atoms with Gasteiger partial charge in [0.2, 0.25) is 5.95 Å². The number of aromatic nitrogens is 5. The molecule has 7 nitrogen and oxygen atoms in total. The van der Waals surface area contributed by atoms with Gasteiger partial charge in [0.25, 0.3) is 0 Å². The van der Waals surface area contributed by atoms with Crippen LogP contribution >= 0.6 is 0 Å². The number of ether oxygens (including phenoxy) is 1. The number of para-hydroxylation sites is 1. The average Bonchev–Trinajstić information content (AvgIpc) is 3.26. The highest BCUT2D eigenvalue weighted by Crippen LogP contribution is 2.35. The monoisotopic (exact) mass is 454 g/mol. The van der Waals surface area contributed by atoms with Crippen LogP contribution in [-0.2, 0) is 17.6 Å². The summed E-state index contributed by atoms with van der Waals surface area (Å²) in [6.45, 7) is 2.34.